The zero-order valence-electron chi connectivity index (χ0n) is 9.48. The second-order valence-electron chi connectivity index (χ2n) is 4.82. The highest BCUT2D eigenvalue weighted by atomic mass is 32.2. The van der Waals surface area contributed by atoms with E-state index in [0.717, 1.165) is 19.1 Å². The summed E-state index contributed by atoms with van der Waals surface area (Å²) in [6.07, 6.45) is 3.82. The van der Waals surface area contributed by atoms with Gasteiger partial charge in [0.05, 0.1) is 11.2 Å². The van der Waals surface area contributed by atoms with Crippen LogP contribution in [-0.2, 0) is 14.6 Å². The number of sulfone groups is 1. The Morgan fingerprint density at radius 3 is 2.38 bits per heavy atom. The zero-order valence-corrected chi connectivity index (χ0v) is 10.3. The van der Waals surface area contributed by atoms with Crippen LogP contribution in [0.3, 0.4) is 0 Å². The molecule has 1 unspecified atom stereocenters. The minimum atomic E-state index is -3.14. The monoisotopic (exact) mass is 249 g/mol. The van der Waals surface area contributed by atoms with Crippen molar-refractivity contribution < 1.29 is 18.3 Å². The summed E-state index contributed by atoms with van der Waals surface area (Å²) < 4.78 is 22.2. The van der Waals surface area contributed by atoms with Gasteiger partial charge in [0.15, 0.2) is 0 Å². The standard InChI is InChI=1S/C10H19NO4S/c1-16(14,15)5-4-10(7-11,9(12)13)6-8-2-3-8/h8H,2-7,11H2,1H3,(H,12,13). The van der Waals surface area contributed by atoms with Crippen molar-refractivity contribution in [1.82, 2.24) is 0 Å². The lowest BCUT2D eigenvalue weighted by Crippen LogP contribution is -2.40. The number of aliphatic carboxylic acids is 1. The van der Waals surface area contributed by atoms with Crippen molar-refractivity contribution in [3.8, 4) is 0 Å². The second-order valence-corrected chi connectivity index (χ2v) is 7.08. The van der Waals surface area contributed by atoms with Crippen LogP contribution in [0.5, 0.6) is 0 Å². The minimum absolute atomic E-state index is 0.00829. The summed E-state index contributed by atoms with van der Waals surface area (Å²) in [5.74, 6) is -0.659. The van der Waals surface area contributed by atoms with Crippen molar-refractivity contribution >= 4 is 15.8 Å². The van der Waals surface area contributed by atoms with Crippen LogP contribution >= 0.6 is 0 Å². The molecule has 1 saturated carbocycles. The molecule has 1 aliphatic carbocycles. The first kappa shape index (κ1) is 13.4. The topological polar surface area (TPSA) is 97.5 Å². The van der Waals surface area contributed by atoms with Crippen molar-refractivity contribution in [3.05, 3.63) is 0 Å². The first-order chi connectivity index (χ1) is 7.29. The van der Waals surface area contributed by atoms with Crippen LogP contribution in [-0.4, -0.2) is 38.0 Å². The van der Waals surface area contributed by atoms with Crippen molar-refractivity contribution in [2.24, 2.45) is 17.1 Å². The van der Waals surface area contributed by atoms with Crippen LogP contribution in [0.1, 0.15) is 25.7 Å². The molecule has 0 spiro atoms. The van der Waals surface area contributed by atoms with Gasteiger partial charge in [-0.2, -0.15) is 0 Å². The van der Waals surface area contributed by atoms with E-state index in [4.69, 9.17) is 5.73 Å². The number of hydrogen-bond acceptors (Lipinski definition) is 4. The smallest absolute Gasteiger partial charge is 0.310 e. The summed E-state index contributed by atoms with van der Waals surface area (Å²) in [6.45, 7) is 0.00829. The summed E-state index contributed by atoms with van der Waals surface area (Å²) in [5, 5.41) is 9.22. The summed E-state index contributed by atoms with van der Waals surface area (Å²) in [6, 6.07) is 0. The van der Waals surface area contributed by atoms with Gasteiger partial charge in [0.25, 0.3) is 0 Å². The summed E-state index contributed by atoms with van der Waals surface area (Å²) >= 11 is 0. The molecule has 0 aromatic carbocycles. The van der Waals surface area contributed by atoms with Gasteiger partial charge in [0, 0.05) is 12.8 Å². The lowest BCUT2D eigenvalue weighted by atomic mass is 9.80. The van der Waals surface area contributed by atoms with Gasteiger partial charge < -0.3 is 10.8 Å². The van der Waals surface area contributed by atoms with Gasteiger partial charge in [-0.15, -0.1) is 0 Å². The SMILES string of the molecule is CS(=O)(=O)CCC(CN)(CC1CC1)C(=O)O. The van der Waals surface area contributed by atoms with Gasteiger partial charge >= 0.3 is 5.97 Å². The van der Waals surface area contributed by atoms with Crippen LogP contribution < -0.4 is 5.73 Å². The molecule has 16 heavy (non-hydrogen) atoms. The fraction of sp³-hybridized carbons (Fsp3) is 0.900. The van der Waals surface area contributed by atoms with E-state index in [1.54, 1.807) is 0 Å². The Balaban J connectivity index is 2.71. The first-order valence-electron chi connectivity index (χ1n) is 5.40. The third kappa shape index (κ3) is 3.75. The maximum absolute atomic E-state index is 11.3. The van der Waals surface area contributed by atoms with Crippen molar-refractivity contribution in [3.63, 3.8) is 0 Å². The molecule has 6 heteroatoms. The Morgan fingerprint density at radius 2 is 2.06 bits per heavy atom. The summed E-state index contributed by atoms with van der Waals surface area (Å²) in [7, 11) is -3.14. The number of carbonyl (C=O) groups is 1. The maximum atomic E-state index is 11.3. The summed E-state index contributed by atoms with van der Waals surface area (Å²) in [4.78, 5) is 11.3. The van der Waals surface area contributed by atoms with Crippen LogP contribution in [0, 0.1) is 11.3 Å². The van der Waals surface area contributed by atoms with Gasteiger partial charge in [0.2, 0.25) is 0 Å². The molecular formula is C10H19NO4S. The number of nitrogens with two attached hydrogens (primary N) is 1. The van der Waals surface area contributed by atoms with Crippen molar-refractivity contribution in [2.45, 2.75) is 25.7 Å². The fourth-order valence-electron chi connectivity index (χ4n) is 1.82. The fourth-order valence-corrected chi connectivity index (χ4v) is 2.59. The molecule has 0 aliphatic heterocycles. The van der Waals surface area contributed by atoms with E-state index < -0.39 is 21.2 Å². The Labute approximate surface area is 95.9 Å². The normalized spacial score (nSPS) is 20.4. The molecule has 94 valence electrons. The van der Waals surface area contributed by atoms with Gasteiger partial charge in [-0.1, -0.05) is 12.8 Å². The minimum Gasteiger partial charge on any atom is -0.481 e. The first-order valence-corrected chi connectivity index (χ1v) is 7.46. The van der Waals surface area contributed by atoms with E-state index in [1.165, 1.54) is 0 Å². The second kappa shape index (κ2) is 4.71. The van der Waals surface area contributed by atoms with E-state index in [1.807, 2.05) is 0 Å². The molecule has 0 bridgehead atoms. The number of carboxylic acids is 1. The zero-order chi connectivity index (χ0) is 12.4. The molecule has 1 atom stereocenters. The Hall–Kier alpha value is -0.620. The van der Waals surface area contributed by atoms with E-state index in [0.29, 0.717) is 12.3 Å². The molecule has 0 aromatic rings. The van der Waals surface area contributed by atoms with Gasteiger partial charge in [-0.25, -0.2) is 8.42 Å². The molecule has 0 heterocycles. The molecule has 3 N–H and O–H groups in total. The quantitative estimate of drug-likeness (QED) is 0.674. The predicted molar refractivity (Wildman–Crippen MR) is 60.8 cm³/mol. The Bertz CT molecular complexity index is 361. The predicted octanol–water partition coefficient (Wildman–Crippen LogP) is 0.251. The van der Waals surface area contributed by atoms with Gasteiger partial charge in [-0.3, -0.25) is 4.79 Å². The lowest BCUT2D eigenvalue weighted by Gasteiger charge is -2.27. The van der Waals surface area contributed by atoms with Crippen LogP contribution in [0.25, 0.3) is 0 Å². The molecule has 0 radical (unpaired) electrons. The van der Waals surface area contributed by atoms with Gasteiger partial charge in [0.1, 0.15) is 9.84 Å². The van der Waals surface area contributed by atoms with Crippen LogP contribution in [0.15, 0.2) is 0 Å². The molecule has 0 saturated heterocycles. The van der Waals surface area contributed by atoms with Crippen molar-refractivity contribution in [2.75, 3.05) is 18.6 Å². The van der Waals surface area contributed by atoms with E-state index in [9.17, 15) is 18.3 Å². The molecule has 1 rings (SSSR count). The number of hydrogen-bond donors (Lipinski definition) is 2. The Morgan fingerprint density at radius 1 is 1.50 bits per heavy atom. The Kier molecular flexibility index (Phi) is 3.96. The number of rotatable bonds is 7. The average molecular weight is 249 g/mol. The van der Waals surface area contributed by atoms with Gasteiger partial charge in [-0.05, 0) is 18.8 Å². The van der Waals surface area contributed by atoms with E-state index >= 15 is 0 Å². The third-order valence-corrected chi connectivity index (χ3v) is 4.12. The molecule has 0 amide bonds. The molecule has 5 nitrogen and oxygen atoms in total. The molecule has 1 aliphatic rings. The van der Waals surface area contributed by atoms with Crippen molar-refractivity contribution in [1.29, 1.82) is 0 Å². The third-order valence-electron chi connectivity index (χ3n) is 3.17. The highest BCUT2D eigenvalue weighted by Gasteiger charge is 2.42. The number of carboxylic acid groups (broad SMARTS) is 1. The molecular weight excluding hydrogens is 230 g/mol. The average Bonchev–Trinajstić information content (AvgIpc) is 2.94. The van der Waals surface area contributed by atoms with Crippen LogP contribution in [0.4, 0.5) is 0 Å². The van der Waals surface area contributed by atoms with E-state index in [2.05, 4.69) is 0 Å². The largest absolute Gasteiger partial charge is 0.481 e. The van der Waals surface area contributed by atoms with Crippen LogP contribution in [0.2, 0.25) is 0 Å². The maximum Gasteiger partial charge on any atom is 0.310 e. The molecule has 1 fully saturated rings. The van der Waals surface area contributed by atoms with E-state index in [-0.39, 0.29) is 18.7 Å². The summed E-state index contributed by atoms with van der Waals surface area (Å²) in [5.41, 5.74) is 4.49. The lowest BCUT2D eigenvalue weighted by molar-refractivity contribution is -0.149. The highest BCUT2D eigenvalue weighted by Crippen LogP contribution is 2.42. The molecule has 0 aromatic heterocycles. The highest BCUT2D eigenvalue weighted by molar-refractivity contribution is 7.90.